The Morgan fingerprint density at radius 3 is 2.89 bits per heavy atom. The molecule has 1 aromatic carbocycles. The van der Waals surface area contributed by atoms with E-state index >= 15 is 0 Å². The zero-order valence-electron chi connectivity index (χ0n) is 10.1. The van der Waals surface area contributed by atoms with Crippen molar-refractivity contribution in [3.63, 3.8) is 0 Å². The first-order valence-electron chi connectivity index (χ1n) is 5.60. The monoisotopic (exact) mass is 265 g/mol. The van der Waals surface area contributed by atoms with Gasteiger partial charge in [0.25, 0.3) is 0 Å². The number of rotatable bonds is 3. The highest BCUT2D eigenvalue weighted by atomic mass is 32.2. The lowest BCUT2D eigenvalue weighted by Gasteiger charge is -2.28. The van der Waals surface area contributed by atoms with Crippen LogP contribution in [0.25, 0.3) is 0 Å². The fourth-order valence-electron chi connectivity index (χ4n) is 1.83. The molecule has 0 aromatic heterocycles. The van der Waals surface area contributed by atoms with E-state index in [-0.39, 0.29) is 18.5 Å². The van der Waals surface area contributed by atoms with Gasteiger partial charge in [0.05, 0.1) is 11.4 Å². The average molecular weight is 265 g/mol. The van der Waals surface area contributed by atoms with E-state index in [0.29, 0.717) is 5.75 Å². The van der Waals surface area contributed by atoms with Crippen molar-refractivity contribution in [3.8, 4) is 0 Å². The Hall–Kier alpha value is -1.53. The Labute approximate surface area is 110 Å². The smallest absolute Gasteiger partial charge is 0.237 e. The standard InChI is InChI=1S/C12H15N3O2S/c1-7(13)8-2-3-9-10(4-8)18-6-12(17)15(9)5-11(14)16/h2-4,7H,5-6,13H2,1H3,(H2,14,16). The van der Waals surface area contributed by atoms with Crippen molar-refractivity contribution >= 4 is 29.3 Å². The van der Waals surface area contributed by atoms with Gasteiger partial charge >= 0.3 is 0 Å². The molecule has 0 fully saturated rings. The lowest BCUT2D eigenvalue weighted by atomic mass is 10.1. The number of nitrogens with zero attached hydrogens (tertiary/aromatic N) is 1. The van der Waals surface area contributed by atoms with E-state index in [1.807, 2.05) is 25.1 Å². The molecule has 2 rings (SSSR count). The van der Waals surface area contributed by atoms with E-state index in [0.717, 1.165) is 16.1 Å². The average Bonchev–Trinajstić information content (AvgIpc) is 2.31. The second kappa shape index (κ2) is 4.99. The van der Waals surface area contributed by atoms with Gasteiger partial charge in [-0.3, -0.25) is 9.59 Å². The predicted molar refractivity (Wildman–Crippen MR) is 71.3 cm³/mol. The third kappa shape index (κ3) is 2.49. The van der Waals surface area contributed by atoms with Crippen LogP contribution in [0.1, 0.15) is 18.5 Å². The molecule has 1 aromatic rings. The van der Waals surface area contributed by atoms with Gasteiger partial charge in [0.1, 0.15) is 6.54 Å². The summed E-state index contributed by atoms with van der Waals surface area (Å²) >= 11 is 1.46. The second-order valence-corrected chi connectivity index (χ2v) is 5.27. The molecule has 1 aliphatic rings. The Kier molecular flexibility index (Phi) is 3.58. The molecule has 0 aliphatic carbocycles. The molecule has 0 radical (unpaired) electrons. The molecule has 6 heteroatoms. The van der Waals surface area contributed by atoms with Gasteiger partial charge in [-0.05, 0) is 24.6 Å². The van der Waals surface area contributed by atoms with Crippen molar-refractivity contribution in [1.82, 2.24) is 0 Å². The maximum absolute atomic E-state index is 11.8. The minimum atomic E-state index is -0.516. The van der Waals surface area contributed by atoms with Crippen molar-refractivity contribution in [1.29, 1.82) is 0 Å². The number of carbonyl (C=O) groups excluding carboxylic acids is 2. The molecule has 5 nitrogen and oxygen atoms in total. The third-order valence-corrected chi connectivity index (χ3v) is 3.80. The molecule has 0 bridgehead atoms. The topological polar surface area (TPSA) is 89.4 Å². The first-order chi connectivity index (χ1) is 8.49. The van der Waals surface area contributed by atoms with E-state index in [2.05, 4.69) is 0 Å². The SMILES string of the molecule is CC(N)c1ccc2c(c1)SCC(=O)N2CC(N)=O. The van der Waals surface area contributed by atoms with Gasteiger partial charge in [0, 0.05) is 10.9 Å². The molecule has 2 amide bonds. The lowest BCUT2D eigenvalue weighted by Crippen LogP contribution is -2.41. The first-order valence-corrected chi connectivity index (χ1v) is 6.58. The zero-order chi connectivity index (χ0) is 13.3. The van der Waals surface area contributed by atoms with Crippen molar-refractivity contribution in [2.45, 2.75) is 17.9 Å². The summed E-state index contributed by atoms with van der Waals surface area (Å²) in [5.41, 5.74) is 12.7. The Morgan fingerprint density at radius 2 is 2.28 bits per heavy atom. The maximum Gasteiger partial charge on any atom is 0.237 e. The van der Waals surface area contributed by atoms with Crippen LogP contribution in [0.15, 0.2) is 23.1 Å². The van der Waals surface area contributed by atoms with Crippen LogP contribution in [0.5, 0.6) is 0 Å². The highest BCUT2D eigenvalue weighted by Gasteiger charge is 2.26. The lowest BCUT2D eigenvalue weighted by molar-refractivity contribution is -0.121. The number of carbonyl (C=O) groups is 2. The van der Waals surface area contributed by atoms with Gasteiger partial charge in [0.15, 0.2) is 0 Å². The van der Waals surface area contributed by atoms with E-state index in [1.54, 1.807) is 0 Å². The summed E-state index contributed by atoms with van der Waals surface area (Å²) < 4.78 is 0. The molecule has 4 N–H and O–H groups in total. The molecule has 0 saturated carbocycles. The minimum Gasteiger partial charge on any atom is -0.368 e. The Bertz CT molecular complexity index is 502. The van der Waals surface area contributed by atoms with E-state index < -0.39 is 5.91 Å². The summed E-state index contributed by atoms with van der Waals surface area (Å²) in [5.74, 6) is -0.291. The molecular formula is C12H15N3O2S. The normalized spacial score (nSPS) is 16.3. The summed E-state index contributed by atoms with van der Waals surface area (Å²) in [5, 5.41) is 0. The van der Waals surface area contributed by atoms with Crippen LogP contribution >= 0.6 is 11.8 Å². The van der Waals surface area contributed by atoms with Crippen molar-refractivity contribution in [3.05, 3.63) is 23.8 Å². The Balaban J connectivity index is 2.38. The van der Waals surface area contributed by atoms with Crippen LogP contribution in [0.3, 0.4) is 0 Å². The van der Waals surface area contributed by atoms with Crippen LogP contribution in [-0.4, -0.2) is 24.1 Å². The van der Waals surface area contributed by atoms with Gasteiger partial charge in [-0.2, -0.15) is 0 Å². The highest BCUT2D eigenvalue weighted by molar-refractivity contribution is 8.00. The van der Waals surface area contributed by atoms with Gasteiger partial charge in [0.2, 0.25) is 11.8 Å². The van der Waals surface area contributed by atoms with Crippen molar-refractivity contribution in [2.75, 3.05) is 17.2 Å². The highest BCUT2D eigenvalue weighted by Crippen LogP contribution is 2.36. The first kappa shape index (κ1) is 12.9. The largest absolute Gasteiger partial charge is 0.368 e. The molecule has 1 aliphatic heterocycles. The predicted octanol–water partition coefficient (Wildman–Crippen LogP) is 0.630. The number of nitrogens with two attached hydrogens (primary N) is 2. The van der Waals surface area contributed by atoms with Crippen molar-refractivity contribution in [2.24, 2.45) is 11.5 Å². The molecular weight excluding hydrogens is 250 g/mol. The number of thioether (sulfide) groups is 1. The van der Waals surface area contributed by atoms with Gasteiger partial charge in [-0.25, -0.2) is 0 Å². The molecule has 18 heavy (non-hydrogen) atoms. The van der Waals surface area contributed by atoms with Crippen LogP contribution < -0.4 is 16.4 Å². The minimum absolute atomic E-state index is 0.0573. The third-order valence-electron chi connectivity index (χ3n) is 2.77. The summed E-state index contributed by atoms with van der Waals surface area (Å²) in [4.78, 5) is 25.2. The van der Waals surface area contributed by atoms with Crippen LogP contribution in [0.4, 0.5) is 5.69 Å². The fraction of sp³-hybridized carbons (Fsp3) is 0.333. The summed E-state index contributed by atoms with van der Waals surface area (Å²) in [6, 6.07) is 5.60. The summed E-state index contributed by atoms with van der Waals surface area (Å²) in [7, 11) is 0. The molecule has 1 atom stereocenters. The van der Waals surface area contributed by atoms with E-state index in [4.69, 9.17) is 11.5 Å². The summed E-state index contributed by atoms with van der Waals surface area (Å²) in [6.45, 7) is 1.82. The quantitative estimate of drug-likeness (QED) is 0.839. The number of fused-ring (bicyclic) bond motifs is 1. The number of benzene rings is 1. The molecule has 0 spiro atoms. The van der Waals surface area contributed by atoms with Crippen LogP contribution in [0.2, 0.25) is 0 Å². The van der Waals surface area contributed by atoms with Gasteiger partial charge < -0.3 is 16.4 Å². The van der Waals surface area contributed by atoms with Crippen LogP contribution in [0, 0.1) is 0 Å². The van der Waals surface area contributed by atoms with E-state index in [1.165, 1.54) is 16.7 Å². The number of hydrogen-bond acceptors (Lipinski definition) is 4. The molecule has 0 saturated heterocycles. The Morgan fingerprint density at radius 1 is 1.56 bits per heavy atom. The second-order valence-electron chi connectivity index (χ2n) is 4.25. The number of anilines is 1. The fourth-order valence-corrected chi connectivity index (χ4v) is 2.81. The molecule has 96 valence electrons. The number of hydrogen-bond donors (Lipinski definition) is 2. The van der Waals surface area contributed by atoms with E-state index in [9.17, 15) is 9.59 Å². The summed E-state index contributed by atoms with van der Waals surface area (Å²) in [6.07, 6.45) is 0. The van der Waals surface area contributed by atoms with Crippen molar-refractivity contribution < 1.29 is 9.59 Å². The van der Waals surface area contributed by atoms with Gasteiger partial charge in [-0.15, -0.1) is 11.8 Å². The molecule has 1 unspecified atom stereocenters. The maximum atomic E-state index is 11.8. The van der Waals surface area contributed by atoms with Gasteiger partial charge in [-0.1, -0.05) is 6.07 Å². The number of primary amides is 1. The molecule has 1 heterocycles. The zero-order valence-corrected chi connectivity index (χ0v) is 10.9. The van der Waals surface area contributed by atoms with Crippen LogP contribution in [-0.2, 0) is 9.59 Å². The number of amides is 2.